The van der Waals surface area contributed by atoms with E-state index in [2.05, 4.69) is 29.4 Å². The minimum absolute atomic E-state index is 0.174. The molecule has 0 unspecified atom stereocenters. The lowest BCUT2D eigenvalue weighted by Gasteiger charge is -2.34. The largest absolute Gasteiger partial charge is 0.341 e. The van der Waals surface area contributed by atoms with Gasteiger partial charge in [0, 0.05) is 13.1 Å². The second-order valence-corrected chi connectivity index (χ2v) is 7.58. The van der Waals surface area contributed by atoms with E-state index in [1.165, 1.54) is 18.2 Å². The zero-order valence-electron chi connectivity index (χ0n) is 14.1. The highest BCUT2D eigenvalue weighted by Crippen LogP contribution is 2.23. The first kappa shape index (κ1) is 17.0. The van der Waals surface area contributed by atoms with Crippen molar-refractivity contribution in [2.24, 2.45) is 11.8 Å². The molecule has 1 aliphatic heterocycles. The second-order valence-electron chi connectivity index (χ2n) is 6.64. The number of likely N-dealkylation sites (tertiary alicyclic amines) is 1. The third kappa shape index (κ3) is 4.35. The quantitative estimate of drug-likeness (QED) is 0.778. The first-order chi connectivity index (χ1) is 11.6. The molecule has 1 aromatic heterocycles. The number of hydrogen-bond acceptors (Lipinski definition) is 5. The Labute approximate surface area is 146 Å². The van der Waals surface area contributed by atoms with Gasteiger partial charge in [-0.3, -0.25) is 4.79 Å². The molecule has 1 aliphatic rings. The predicted octanol–water partition coefficient (Wildman–Crippen LogP) is 2.32. The fourth-order valence-corrected chi connectivity index (χ4v) is 4.02. The number of benzene rings is 1. The van der Waals surface area contributed by atoms with Crippen LogP contribution in [0.3, 0.4) is 0 Å². The van der Waals surface area contributed by atoms with Crippen molar-refractivity contribution >= 4 is 17.7 Å². The van der Waals surface area contributed by atoms with Gasteiger partial charge in [-0.2, -0.15) is 0 Å². The Morgan fingerprint density at radius 1 is 1.21 bits per heavy atom. The number of thioether (sulfide) groups is 1. The van der Waals surface area contributed by atoms with E-state index in [0.717, 1.165) is 18.7 Å². The number of rotatable bonds is 5. The summed E-state index contributed by atoms with van der Waals surface area (Å²) in [5.41, 5.74) is 1.14. The summed E-state index contributed by atoms with van der Waals surface area (Å²) in [5.74, 6) is 1.71. The molecule has 2 atom stereocenters. The minimum atomic E-state index is 0.174. The fourth-order valence-electron chi connectivity index (χ4n) is 3.24. The fraction of sp³-hybridized carbons (Fsp3) is 0.529. The Morgan fingerprint density at radius 3 is 2.62 bits per heavy atom. The summed E-state index contributed by atoms with van der Waals surface area (Å²) < 4.78 is 1.74. The van der Waals surface area contributed by atoms with Gasteiger partial charge in [0.25, 0.3) is 0 Å². The molecular weight excluding hydrogens is 322 g/mol. The van der Waals surface area contributed by atoms with E-state index >= 15 is 0 Å². The van der Waals surface area contributed by atoms with Crippen LogP contribution in [0.2, 0.25) is 0 Å². The maximum atomic E-state index is 12.5. The van der Waals surface area contributed by atoms with Crippen molar-refractivity contribution < 1.29 is 4.79 Å². The van der Waals surface area contributed by atoms with Gasteiger partial charge >= 0.3 is 0 Å². The van der Waals surface area contributed by atoms with E-state index in [-0.39, 0.29) is 5.91 Å². The lowest BCUT2D eigenvalue weighted by molar-refractivity contribution is -0.130. The maximum absolute atomic E-state index is 12.5. The highest BCUT2D eigenvalue weighted by Gasteiger charge is 2.25. The Balaban J connectivity index is 1.57. The number of aromatic nitrogens is 4. The number of hydrogen-bond donors (Lipinski definition) is 0. The molecule has 0 radical (unpaired) electrons. The minimum Gasteiger partial charge on any atom is -0.341 e. The van der Waals surface area contributed by atoms with Crippen molar-refractivity contribution in [3.63, 3.8) is 0 Å². The highest BCUT2D eigenvalue weighted by molar-refractivity contribution is 7.99. The summed E-state index contributed by atoms with van der Waals surface area (Å²) in [4.78, 5) is 14.5. The molecular formula is C17H23N5OS. The number of amides is 1. The van der Waals surface area contributed by atoms with Crippen LogP contribution in [0.25, 0.3) is 0 Å². The molecule has 0 bridgehead atoms. The number of piperidine rings is 1. The van der Waals surface area contributed by atoms with Gasteiger partial charge in [-0.1, -0.05) is 55.9 Å². The zero-order chi connectivity index (χ0) is 16.9. The van der Waals surface area contributed by atoms with Crippen LogP contribution in [0.5, 0.6) is 0 Å². The van der Waals surface area contributed by atoms with Crippen LogP contribution in [-0.4, -0.2) is 49.9 Å². The summed E-state index contributed by atoms with van der Waals surface area (Å²) in [7, 11) is 0. The van der Waals surface area contributed by atoms with Gasteiger partial charge in [-0.05, 0) is 34.2 Å². The molecule has 1 amide bonds. The molecule has 128 valence electrons. The van der Waals surface area contributed by atoms with E-state index in [4.69, 9.17) is 0 Å². The third-order valence-electron chi connectivity index (χ3n) is 4.22. The van der Waals surface area contributed by atoms with Gasteiger partial charge in [0.15, 0.2) is 0 Å². The molecule has 3 rings (SSSR count). The van der Waals surface area contributed by atoms with Crippen molar-refractivity contribution in [1.29, 1.82) is 0 Å². The van der Waals surface area contributed by atoms with Crippen molar-refractivity contribution in [2.45, 2.75) is 32.0 Å². The van der Waals surface area contributed by atoms with Crippen molar-refractivity contribution in [1.82, 2.24) is 25.1 Å². The van der Waals surface area contributed by atoms with Gasteiger partial charge in [0.1, 0.15) is 0 Å². The number of carbonyl (C=O) groups is 1. The molecule has 2 heterocycles. The Bertz CT molecular complexity index is 665. The van der Waals surface area contributed by atoms with Crippen LogP contribution in [0.1, 0.15) is 25.8 Å². The molecule has 1 fully saturated rings. The van der Waals surface area contributed by atoms with Gasteiger partial charge in [-0.15, -0.1) is 5.10 Å². The molecule has 0 aliphatic carbocycles. The molecule has 24 heavy (non-hydrogen) atoms. The summed E-state index contributed by atoms with van der Waals surface area (Å²) >= 11 is 1.41. The van der Waals surface area contributed by atoms with Gasteiger partial charge < -0.3 is 4.90 Å². The average Bonchev–Trinajstić information content (AvgIpc) is 3.00. The van der Waals surface area contributed by atoms with Gasteiger partial charge in [0.05, 0.1) is 12.3 Å². The molecule has 0 spiro atoms. The molecule has 0 N–H and O–H groups in total. The van der Waals surface area contributed by atoms with Crippen LogP contribution >= 0.6 is 11.8 Å². The molecule has 1 saturated heterocycles. The number of nitrogens with zero attached hydrogens (tertiary/aromatic N) is 5. The van der Waals surface area contributed by atoms with Gasteiger partial charge in [-0.25, -0.2) is 4.68 Å². The van der Waals surface area contributed by atoms with Crippen molar-refractivity contribution in [2.75, 3.05) is 18.8 Å². The van der Waals surface area contributed by atoms with E-state index in [9.17, 15) is 4.79 Å². The Hall–Kier alpha value is -1.89. The van der Waals surface area contributed by atoms with Crippen LogP contribution in [0.15, 0.2) is 35.5 Å². The summed E-state index contributed by atoms with van der Waals surface area (Å²) in [5, 5.41) is 12.5. The smallest absolute Gasteiger partial charge is 0.233 e. The molecule has 0 saturated carbocycles. The zero-order valence-corrected chi connectivity index (χ0v) is 14.9. The lowest BCUT2D eigenvalue weighted by atomic mass is 9.92. The number of carbonyl (C=O) groups excluding carboxylic acids is 1. The standard InChI is InChI=1S/C17H23N5OS/c1-13-8-14(2)10-21(9-13)16(23)12-24-17-18-19-20-22(17)11-15-6-4-3-5-7-15/h3-7,13-14H,8-12H2,1-2H3/t13-,14-/m0/s1. The molecule has 7 heteroatoms. The molecule has 1 aromatic carbocycles. The summed E-state index contributed by atoms with van der Waals surface area (Å²) in [6.07, 6.45) is 1.20. The van der Waals surface area contributed by atoms with E-state index in [1.807, 2.05) is 35.2 Å². The highest BCUT2D eigenvalue weighted by atomic mass is 32.2. The third-order valence-corrected chi connectivity index (χ3v) is 5.16. The van der Waals surface area contributed by atoms with Crippen molar-refractivity contribution in [3.8, 4) is 0 Å². The van der Waals surface area contributed by atoms with Crippen LogP contribution < -0.4 is 0 Å². The SMILES string of the molecule is C[C@H]1C[C@H](C)CN(C(=O)CSc2nnnn2Cc2ccccc2)C1. The maximum Gasteiger partial charge on any atom is 0.233 e. The van der Waals surface area contributed by atoms with Gasteiger partial charge in [0.2, 0.25) is 11.1 Å². The monoisotopic (exact) mass is 345 g/mol. The van der Waals surface area contributed by atoms with Crippen LogP contribution in [0.4, 0.5) is 0 Å². The first-order valence-corrected chi connectivity index (χ1v) is 9.31. The molecule has 6 nitrogen and oxygen atoms in total. The predicted molar refractivity (Wildman–Crippen MR) is 93.6 cm³/mol. The second kappa shape index (κ2) is 7.79. The Kier molecular flexibility index (Phi) is 5.50. The van der Waals surface area contributed by atoms with E-state index in [0.29, 0.717) is 29.3 Å². The van der Waals surface area contributed by atoms with Crippen LogP contribution in [0, 0.1) is 11.8 Å². The summed E-state index contributed by atoms with van der Waals surface area (Å²) in [6.45, 7) is 6.76. The van der Waals surface area contributed by atoms with Crippen LogP contribution in [-0.2, 0) is 11.3 Å². The Morgan fingerprint density at radius 2 is 1.92 bits per heavy atom. The number of tetrazole rings is 1. The average molecular weight is 345 g/mol. The van der Waals surface area contributed by atoms with E-state index in [1.54, 1.807) is 4.68 Å². The van der Waals surface area contributed by atoms with Crippen molar-refractivity contribution in [3.05, 3.63) is 35.9 Å². The molecule has 2 aromatic rings. The van der Waals surface area contributed by atoms with E-state index < -0.39 is 0 Å². The first-order valence-electron chi connectivity index (χ1n) is 8.32. The lowest BCUT2D eigenvalue weighted by Crippen LogP contribution is -2.43. The summed E-state index contributed by atoms with van der Waals surface area (Å²) in [6, 6.07) is 10.1. The topological polar surface area (TPSA) is 63.9 Å². The normalized spacial score (nSPS) is 21.0.